The summed E-state index contributed by atoms with van der Waals surface area (Å²) < 4.78 is 0. The van der Waals surface area contributed by atoms with Gasteiger partial charge >= 0.3 is 0 Å². The molecule has 52 valence electrons. The minimum atomic E-state index is 0.293. The Morgan fingerprint density at radius 3 is 1.90 bits per heavy atom. The summed E-state index contributed by atoms with van der Waals surface area (Å²) in [6, 6.07) is 10.6. The van der Waals surface area contributed by atoms with Gasteiger partial charge in [0.25, 0.3) is 0 Å². The topological polar surface area (TPSA) is 0 Å². The molecule has 0 saturated heterocycles. The molecule has 10 heavy (non-hydrogen) atoms. The first-order chi connectivity index (χ1) is 4.61. The zero-order chi connectivity index (χ0) is 7.61. The van der Waals surface area contributed by atoms with E-state index in [1.807, 2.05) is 0 Å². The third kappa shape index (κ3) is 1.63. The van der Waals surface area contributed by atoms with Crippen LogP contribution in [-0.4, -0.2) is 7.85 Å². The maximum atomic E-state index is 2.22. The highest BCUT2D eigenvalue weighted by Gasteiger charge is 2.11. The summed E-state index contributed by atoms with van der Waals surface area (Å²) >= 11 is 0. The Kier molecular flexibility index (Phi) is 1.84. The van der Waals surface area contributed by atoms with Gasteiger partial charge in [0.1, 0.15) is 7.85 Å². The van der Waals surface area contributed by atoms with Crippen LogP contribution in [0.15, 0.2) is 30.3 Å². The van der Waals surface area contributed by atoms with Gasteiger partial charge in [-0.15, -0.1) is 0 Å². The van der Waals surface area contributed by atoms with Crippen molar-refractivity contribution in [2.75, 3.05) is 0 Å². The molecule has 0 aliphatic carbocycles. The van der Waals surface area contributed by atoms with Gasteiger partial charge in [-0.2, -0.15) is 0 Å². The molecule has 0 spiro atoms. The van der Waals surface area contributed by atoms with Crippen LogP contribution in [0.4, 0.5) is 0 Å². The van der Waals surface area contributed by atoms with Crippen molar-refractivity contribution >= 4 is 7.85 Å². The maximum absolute atomic E-state index is 2.22. The van der Waals surface area contributed by atoms with Crippen molar-refractivity contribution in [1.82, 2.24) is 0 Å². The summed E-state index contributed by atoms with van der Waals surface area (Å²) in [5.74, 6) is 0. The van der Waals surface area contributed by atoms with Crippen LogP contribution >= 0.6 is 0 Å². The van der Waals surface area contributed by atoms with Gasteiger partial charge in [0.15, 0.2) is 0 Å². The van der Waals surface area contributed by atoms with E-state index in [1.54, 1.807) is 0 Å². The number of hydrogen-bond donors (Lipinski definition) is 0. The normalized spacial score (nSPS) is 11.4. The SMILES string of the molecule is BC(C)(C)c1ccccc1. The van der Waals surface area contributed by atoms with Crippen molar-refractivity contribution in [3.63, 3.8) is 0 Å². The number of hydrogen-bond acceptors (Lipinski definition) is 0. The second kappa shape index (κ2) is 2.49. The lowest BCUT2D eigenvalue weighted by molar-refractivity contribution is 0.764. The second-order valence-electron chi connectivity index (χ2n) is 3.62. The Morgan fingerprint density at radius 2 is 1.60 bits per heavy atom. The van der Waals surface area contributed by atoms with Gasteiger partial charge in [-0.05, 0) is 5.31 Å². The zero-order valence-electron chi connectivity index (χ0n) is 6.89. The fourth-order valence-electron chi connectivity index (χ4n) is 0.938. The lowest BCUT2D eigenvalue weighted by Gasteiger charge is -2.18. The molecule has 0 nitrogen and oxygen atoms in total. The summed E-state index contributed by atoms with van der Waals surface area (Å²) in [7, 11) is 2.22. The standard InChI is InChI=1S/C9H13B/c1-9(2,10)8-6-4-3-5-7-8/h3-7H,10H2,1-2H3. The molecule has 1 aromatic rings. The summed E-state index contributed by atoms with van der Waals surface area (Å²) in [5, 5.41) is 0.293. The molecule has 0 unspecified atom stereocenters. The molecule has 0 atom stereocenters. The van der Waals surface area contributed by atoms with Crippen LogP contribution in [0, 0.1) is 0 Å². The van der Waals surface area contributed by atoms with Crippen LogP contribution in [0.1, 0.15) is 19.4 Å². The van der Waals surface area contributed by atoms with Crippen LogP contribution in [0.3, 0.4) is 0 Å². The van der Waals surface area contributed by atoms with Crippen molar-refractivity contribution in [3.8, 4) is 0 Å². The fourth-order valence-corrected chi connectivity index (χ4v) is 0.938. The van der Waals surface area contributed by atoms with Gasteiger partial charge in [-0.1, -0.05) is 49.7 Å². The summed E-state index contributed by atoms with van der Waals surface area (Å²) in [4.78, 5) is 0. The van der Waals surface area contributed by atoms with E-state index in [-0.39, 0.29) is 0 Å². The van der Waals surface area contributed by atoms with Crippen molar-refractivity contribution in [2.24, 2.45) is 0 Å². The molecule has 1 aromatic carbocycles. The smallest absolute Gasteiger partial charge is 0.0632 e. The van der Waals surface area contributed by atoms with Crippen molar-refractivity contribution in [1.29, 1.82) is 0 Å². The minimum absolute atomic E-state index is 0.293. The first-order valence-corrected chi connectivity index (χ1v) is 3.66. The van der Waals surface area contributed by atoms with Crippen molar-refractivity contribution < 1.29 is 0 Å². The van der Waals surface area contributed by atoms with Crippen molar-refractivity contribution in [2.45, 2.75) is 19.2 Å². The lowest BCUT2D eigenvalue weighted by atomic mass is 9.67. The predicted molar refractivity (Wildman–Crippen MR) is 48.0 cm³/mol. The highest BCUT2D eigenvalue weighted by Crippen LogP contribution is 2.17. The molecule has 0 amide bonds. The summed E-state index contributed by atoms with van der Waals surface area (Å²) in [6.07, 6.45) is 0. The highest BCUT2D eigenvalue weighted by atomic mass is 14.1. The molecule has 0 aliphatic heterocycles. The van der Waals surface area contributed by atoms with Gasteiger partial charge in [-0.25, -0.2) is 0 Å². The molecule has 0 radical (unpaired) electrons. The largest absolute Gasteiger partial charge is 0.114 e. The average molecular weight is 132 g/mol. The minimum Gasteiger partial charge on any atom is -0.0632 e. The molecular formula is C9H13B. The molecule has 0 N–H and O–H groups in total. The second-order valence-corrected chi connectivity index (χ2v) is 3.62. The van der Waals surface area contributed by atoms with E-state index < -0.39 is 0 Å². The van der Waals surface area contributed by atoms with E-state index in [4.69, 9.17) is 0 Å². The first-order valence-electron chi connectivity index (χ1n) is 3.66. The first kappa shape index (κ1) is 7.39. The van der Waals surface area contributed by atoms with Gasteiger partial charge in [0.2, 0.25) is 0 Å². The Hall–Kier alpha value is -0.715. The van der Waals surface area contributed by atoms with E-state index >= 15 is 0 Å². The Bertz CT molecular complexity index is 196. The number of benzene rings is 1. The number of rotatable bonds is 1. The van der Waals surface area contributed by atoms with Crippen LogP contribution in [0.2, 0.25) is 0 Å². The molecule has 0 bridgehead atoms. The van der Waals surface area contributed by atoms with E-state index in [0.717, 1.165) is 0 Å². The van der Waals surface area contributed by atoms with E-state index in [9.17, 15) is 0 Å². The predicted octanol–water partition coefficient (Wildman–Crippen LogP) is 1.55. The summed E-state index contributed by atoms with van der Waals surface area (Å²) in [6.45, 7) is 4.45. The van der Waals surface area contributed by atoms with Crippen LogP contribution in [-0.2, 0) is 5.31 Å². The van der Waals surface area contributed by atoms with E-state index in [2.05, 4.69) is 52.0 Å². The molecule has 0 aromatic heterocycles. The molecule has 1 heteroatoms. The Balaban J connectivity index is 2.97. The zero-order valence-corrected chi connectivity index (χ0v) is 6.89. The molecule has 0 fully saturated rings. The van der Waals surface area contributed by atoms with Gasteiger partial charge < -0.3 is 0 Å². The lowest BCUT2D eigenvalue weighted by Crippen LogP contribution is -2.15. The third-order valence-electron chi connectivity index (χ3n) is 1.64. The maximum Gasteiger partial charge on any atom is 0.114 e. The van der Waals surface area contributed by atoms with E-state index in [0.29, 0.717) is 5.31 Å². The van der Waals surface area contributed by atoms with Crippen LogP contribution in [0.5, 0.6) is 0 Å². The summed E-state index contributed by atoms with van der Waals surface area (Å²) in [5.41, 5.74) is 1.40. The molecule has 0 aliphatic rings. The van der Waals surface area contributed by atoms with E-state index in [1.165, 1.54) is 5.56 Å². The van der Waals surface area contributed by atoms with Crippen molar-refractivity contribution in [3.05, 3.63) is 35.9 Å². The Labute approximate surface area is 63.7 Å². The molecule has 1 rings (SSSR count). The quantitative estimate of drug-likeness (QED) is 0.508. The molecular weight excluding hydrogens is 119 g/mol. The van der Waals surface area contributed by atoms with Gasteiger partial charge in [0, 0.05) is 0 Å². The fraction of sp³-hybridized carbons (Fsp3) is 0.333. The molecule has 0 heterocycles. The average Bonchev–Trinajstić information content (AvgIpc) is 1.88. The van der Waals surface area contributed by atoms with Gasteiger partial charge in [-0.3, -0.25) is 0 Å². The molecule has 0 saturated carbocycles. The Morgan fingerprint density at radius 1 is 1.10 bits per heavy atom. The van der Waals surface area contributed by atoms with Crippen LogP contribution < -0.4 is 0 Å². The third-order valence-corrected chi connectivity index (χ3v) is 1.64. The van der Waals surface area contributed by atoms with Gasteiger partial charge in [0.05, 0.1) is 0 Å². The highest BCUT2D eigenvalue weighted by molar-refractivity contribution is 6.15. The van der Waals surface area contributed by atoms with Crippen LogP contribution in [0.25, 0.3) is 0 Å². The monoisotopic (exact) mass is 132 g/mol.